The number of aliphatic hydroxyl groups is 1. The number of benzene rings is 3. The Morgan fingerprint density at radius 3 is 2.30 bits per heavy atom. The van der Waals surface area contributed by atoms with Crippen LogP contribution in [0.15, 0.2) is 66.7 Å². The molecule has 0 bridgehead atoms. The average molecular weight is 262 g/mol. The predicted octanol–water partition coefficient (Wildman–Crippen LogP) is 4.48. The van der Waals surface area contributed by atoms with Crippen molar-refractivity contribution in [2.75, 3.05) is 0 Å². The summed E-state index contributed by atoms with van der Waals surface area (Å²) >= 11 is 0. The molecule has 0 aromatic heterocycles. The molecule has 0 saturated heterocycles. The molecule has 1 nitrogen and oxygen atoms in total. The highest BCUT2D eigenvalue weighted by Crippen LogP contribution is 2.22. The third kappa shape index (κ3) is 2.59. The smallest absolute Gasteiger partial charge is 0.0761 e. The molecule has 1 atom stereocenters. The van der Waals surface area contributed by atoms with E-state index in [9.17, 15) is 5.11 Å². The van der Waals surface area contributed by atoms with Gasteiger partial charge in [-0.15, -0.1) is 0 Å². The molecular weight excluding hydrogens is 244 g/mol. The third-order valence-electron chi connectivity index (χ3n) is 3.74. The fraction of sp³-hybridized carbons (Fsp3) is 0.158. The quantitative estimate of drug-likeness (QED) is 0.737. The van der Waals surface area contributed by atoms with Crippen molar-refractivity contribution in [3.05, 3.63) is 83.4 Å². The highest BCUT2D eigenvalue weighted by atomic mass is 16.3. The van der Waals surface area contributed by atoms with Crippen molar-refractivity contribution in [2.24, 2.45) is 0 Å². The molecule has 3 aromatic carbocycles. The summed E-state index contributed by atoms with van der Waals surface area (Å²) in [7, 11) is 0. The lowest BCUT2D eigenvalue weighted by molar-refractivity contribution is 0.199. The van der Waals surface area contributed by atoms with Crippen molar-refractivity contribution in [1.29, 1.82) is 0 Å². The second kappa shape index (κ2) is 5.48. The minimum Gasteiger partial charge on any atom is -0.389 e. The van der Waals surface area contributed by atoms with Gasteiger partial charge in [0, 0.05) is 0 Å². The van der Waals surface area contributed by atoms with Gasteiger partial charge in [-0.2, -0.15) is 0 Å². The summed E-state index contributed by atoms with van der Waals surface area (Å²) in [6.07, 6.45) is 0.517. The van der Waals surface area contributed by atoms with E-state index in [-0.39, 0.29) is 0 Å². The summed E-state index contributed by atoms with van der Waals surface area (Å²) < 4.78 is 0. The van der Waals surface area contributed by atoms with Crippen molar-refractivity contribution in [2.45, 2.75) is 19.4 Å². The lowest BCUT2D eigenvalue weighted by Crippen LogP contribution is -1.93. The van der Waals surface area contributed by atoms with Gasteiger partial charge in [0.05, 0.1) is 6.10 Å². The summed E-state index contributed by atoms with van der Waals surface area (Å²) in [5.74, 6) is 0. The zero-order chi connectivity index (χ0) is 13.9. The summed E-state index contributed by atoms with van der Waals surface area (Å²) in [4.78, 5) is 0. The number of rotatable bonds is 3. The van der Waals surface area contributed by atoms with Crippen molar-refractivity contribution < 1.29 is 5.11 Å². The van der Waals surface area contributed by atoms with Gasteiger partial charge in [-0.3, -0.25) is 0 Å². The number of fused-ring (bicyclic) bond motifs is 1. The van der Waals surface area contributed by atoms with Crippen LogP contribution in [0.3, 0.4) is 0 Å². The molecule has 0 aliphatic carbocycles. The standard InChI is InChI=1S/C19H18O/c1-14(20)16-11-9-15(10-12-16)13-18-7-4-6-17-5-2-3-8-19(17)18/h2-12,14,20H,13H2,1H3. The molecule has 0 amide bonds. The van der Waals surface area contributed by atoms with Gasteiger partial charge in [-0.1, -0.05) is 66.7 Å². The molecule has 0 fully saturated rings. The highest BCUT2D eigenvalue weighted by molar-refractivity contribution is 5.85. The number of aliphatic hydroxyl groups excluding tert-OH is 1. The van der Waals surface area contributed by atoms with E-state index in [0.717, 1.165) is 12.0 Å². The lowest BCUT2D eigenvalue weighted by atomic mass is 9.97. The largest absolute Gasteiger partial charge is 0.389 e. The van der Waals surface area contributed by atoms with Crippen LogP contribution >= 0.6 is 0 Å². The summed E-state index contributed by atoms with van der Waals surface area (Å²) in [5, 5.41) is 12.1. The van der Waals surface area contributed by atoms with Crippen LogP contribution in [0.2, 0.25) is 0 Å². The Morgan fingerprint density at radius 1 is 0.850 bits per heavy atom. The minimum absolute atomic E-state index is 0.401. The summed E-state index contributed by atoms with van der Waals surface area (Å²) in [6.45, 7) is 1.79. The van der Waals surface area contributed by atoms with Gasteiger partial charge in [0.2, 0.25) is 0 Å². The first-order valence-electron chi connectivity index (χ1n) is 6.97. The van der Waals surface area contributed by atoms with Gasteiger partial charge in [0.15, 0.2) is 0 Å². The average Bonchev–Trinajstić information content (AvgIpc) is 2.48. The van der Waals surface area contributed by atoms with Crippen LogP contribution in [-0.4, -0.2) is 5.11 Å². The Hall–Kier alpha value is -2.12. The van der Waals surface area contributed by atoms with E-state index >= 15 is 0 Å². The maximum Gasteiger partial charge on any atom is 0.0761 e. The van der Waals surface area contributed by atoms with Crippen LogP contribution < -0.4 is 0 Å². The molecule has 0 heterocycles. The summed E-state index contributed by atoms with van der Waals surface area (Å²) in [5.41, 5.74) is 3.57. The van der Waals surface area contributed by atoms with Crippen molar-refractivity contribution in [1.82, 2.24) is 0 Å². The van der Waals surface area contributed by atoms with Crippen LogP contribution in [0.4, 0.5) is 0 Å². The van der Waals surface area contributed by atoms with Crippen LogP contribution in [0, 0.1) is 0 Å². The first-order chi connectivity index (χ1) is 9.74. The van der Waals surface area contributed by atoms with Gasteiger partial charge in [-0.25, -0.2) is 0 Å². The highest BCUT2D eigenvalue weighted by Gasteiger charge is 2.03. The van der Waals surface area contributed by atoms with E-state index in [0.29, 0.717) is 0 Å². The fourth-order valence-corrected chi connectivity index (χ4v) is 2.58. The van der Waals surface area contributed by atoms with E-state index in [1.165, 1.54) is 21.9 Å². The van der Waals surface area contributed by atoms with E-state index in [1.807, 2.05) is 12.1 Å². The maximum absolute atomic E-state index is 9.55. The molecule has 0 radical (unpaired) electrons. The molecule has 100 valence electrons. The Kier molecular flexibility index (Phi) is 3.53. The number of hydrogen-bond acceptors (Lipinski definition) is 1. The van der Waals surface area contributed by atoms with Crippen molar-refractivity contribution in [3.63, 3.8) is 0 Å². The van der Waals surface area contributed by atoms with Gasteiger partial charge in [0.25, 0.3) is 0 Å². The van der Waals surface area contributed by atoms with Crippen LogP contribution in [-0.2, 0) is 6.42 Å². The van der Waals surface area contributed by atoms with Crippen molar-refractivity contribution in [3.8, 4) is 0 Å². The first-order valence-corrected chi connectivity index (χ1v) is 6.97. The Morgan fingerprint density at radius 2 is 1.55 bits per heavy atom. The topological polar surface area (TPSA) is 20.2 Å². The molecule has 1 N–H and O–H groups in total. The maximum atomic E-state index is 9.55. The molecule has 0 spiro atoms. The second-order valence-electron chi connectivity index (χ2n) is 5.23. The van der Waals surface area contributed by atoms with Crippen LogP contribution in [0.1, 0.15) is 29.7 Å². The third-order valence-corrected chi connectivity index (χ3v) is 3.74. The molecule has 0 saturated carbocycles. The van der Waals surface area contributed by atoms with E-state index < -0.39 is 6.10 Å². The zero-order valence-electron chi connectivity index (χ0n) is 11.6. The second-order valence-corrected chi connectivity index (χ2v) is 5.23. The monoisotopic (exact) mass is 262 g/mol. The Bertz CT molecular complexity index is 706. The lowest BCUT2D eigenvalue weighted by Gasteiger charge is -2.09. The first kappa shape index (κ1) is 12.9. The molecule has 0 aliphatic rings. The van der Waals surface area contributed by atoms with E-state index in [1.54, 1.807) is 6.92 Å². The molecule has 1 heteroatoms. The van der Waals surface area contributed by atoms with Gasteiger partial charge in [-0.05, 0) is 40.8 Å². The van der Waals surface area contributed by atoms with E-state index in [2.05, 4.69) is 54.6 Å². The predicted molar refractivity (Wildman–Crippen MR) is 83.8 cm³/mol. The Balaban J connectivity index is 1.93. The van der Waals surface area contributed by atoms with Gasteiger partial charge in [0.1, 0.15) is 0 Å². The molecule has 3 rings (SSSR count). The molecule has 20 heavy (non-hydrogen) atoms. The van der Waals surface area contributed by atoms with Gasteiger partial charge >= 0.3 is 0 Å². The molecule has 3 aromatic rings. The normalized spacial score (nSPS) is 12.5. The summed E-state index contributed by atoms with van der Waals surface area (Å²) in [6, 6.07) is 23.1. The zero-order valence-corrected chi connectivity index (χ0v) is 11.6. The van der Waals surface area contributed by atoms with E-state index in [4.69, 9.17) is 0 Å². The Labute approximate surface area is 119 Å². The molecule has 1 unspecified atom stereocenters. The number of hydrogen-bond donors (Lipinski definition) is 1. The van der Waals surface area contributed by atoms with Crippen LogP contribution in [0.5, 0.6) is 0 Å². The van der Waals surface area contributed by atoms with Crippen molar-refractivity contribution >= 4 is 10.8 Å². The fourth-order valence-electron chi connectivity index (χ4n) is 2.58. The molecular formula is C19H18O. The van der Waals surface area contributed by atoms with Crippen LogP contribution in [0.25, 0.3) is 10.8 Å². The SMILES string of the molecule is CC(O)c1ccc(Cc2cccc3ccccc23)cc1. The van der Waals surface area contributed by atoms with Gasteiger partial charge < -0.3 is 5.11 Å². The minimum atomic E-state index is -0.401. The molecule has 0 aliphatic heterocycles.